The van der Waals surface area contributed by atoms with Gasteiger partial charge in [0.1, 0.15) is 11.4 Å². The Balaban J connectivity index is 1.88. The quantitative estimate of drug-likeness (QED) is 0.618. The van der Waals surface area contributed by atoms with Crippen molar-refractivity contribution in [2.24, 2.45) is 5.10 Å². The minimum absolute atomic E-state index is 0.275. The van der Waals surface area contributed by atoms with Gasteiger partial charge in [0.25, 0.3) is 5.91 Å². The van der Waals surface area contributed by atoms with Crippen LogP contribution in [0.2, 0.25) is 0 Å². The van der Waals surface area contributed by atoms with E-state index in [-0.39, 0.29) is 5.69 Å². The van der Waals surface area contributed by atoms with Crippen LogP contribution in [-0.4, -0.2) is 34.8 Å². The second-order valence-electron chi connectivity index (χ2n) is 4.17. The molecule has 1 heterocycles. The highest BCUT2D eigenvalue weighted by Crippen LogP contribution is 2.10. The number of pyridine rings is 1. The fourth-order valence-corrected chi connectivity index (χ4v) is 1.51. The zero-order valence-corrected chi connectivity index (χ0v) is 11.5. The minimum atomic E-state index is -1.04. The average Bonchev–Trinajstić information content (AvgIpc) is 2.55. The Morgan fingerprint density at radius 3 is 2.64 bits per heavy atom. The van der Waals surface area contributed by atoms with Crippen molar-refractivity contribution < 1.29 is 19.4 Å². The van der Waals surface area contributed by atoms with Gasteiger partial charge in [-0.25, -0.2) is 10.2 Å². The second-order valence-corrected chi connectivity index (χ2v) is 4.17. The Labute approximate surface area is 126 Å². The van der Waals surface area contributed by atoms with Crippen LogP contribution in [0.5, 0.6) is 5.75 Å². The lowest BCUT2D eigenvalue weighted by Crippen LogP contribution is -2.18. The van der Waals surface area contributed by atoms with Crippen molar-refractivity contribution in [1.82, 2.24) is 10.4 Å². The maximum atomic E-state index is 11.7. The molecule has 0 saturated carbocycles. The van der Waals surface area contributed by atoms with Gasteiger partial charge in [-0.15, -0.1) is 0 Å². The highest BCUT2D eigenvalue weighted by atomic mass is 16.5. The van der Waals surface area contributed by atoms with Crippen LogP contribution in [0.25, 0.3) is 0 Å². The molecule has 0 aliphatic rings. The average molecular weight is 299 g/mol. The molecule has 0 radical (unpaired) electrons. The van der Waals surface area contributed by atoms with Gasteiger partial charge in [-0.2, -0.15) is 5.10 Å². The molecular weight excluding hydrogens is 286 g/mol. The van der Waals surface area contributed by atoms with Crippen LogP contribution in [-0.2, 0) is 4.79 Å². The molecule has 112 valence electrons. The zero-order chi connectivity index (χ0) is 15.8. The molecule has 0 saturated heterocycles. The SMILES string of the molecule is O=C(O)COc1ccc(/C=N\NC(=O)c2ccccn2)cc1. The van der Waals surface area contributed by atoms with Crippen LogP contribution in [0.1, 0.15) is 16.1 Å². The fourth-order valence-electron chi connectivity index (χ4n) is 1.51. The summed E-state index contributed by atoms with van der Waals surface area (Å²) in [6.07, 6.45) is 2.98. The Morgan fingerprint density at radius 1 is 1.23 bits per heavy atom. The van der Waals surface area contributed by atoms with Crippen LogP contribution in [0.3, 0.4) is 0 Å². The number of hydrogen-bond acceptors (Lipinski definition) is 5. The number of rotatable bonds is 6. The molecule has 2 aromatic rings. The van der Waals surface area contributed by atoms with Crippen molar-refractivity contribution in [2.45, 2.75) is 0 Å². The zero-order valence-electron chi connectivity index (χ0n) is 11.5. The molecular formula is C15H13N3O4. The monoisotopic (exact) mass is 299 g/mol. The van der Waals surface area contributed by atoms with Gasteiger partial charge in [0.2, 0.25) is 0 Å². The summed E-state index contributed by atoms with van der Waals surface area (Å²) < 4.78 is 5.00. The van der Waals surface area contributed by atoms with Crippen LogP contribution in [0, 0.1) is 0 Å². The molecule has 0 unspecified atom stereocenters. The lowest BCUT2D eigenvalue weighted by molar-refractivity contribution is -0.139. The van der Waals surface area contributed by atoms with Crippen LogP contribution in [0.4, 0.5) is 0 Å². The van der Waals surface area contributed by atoms with E-state index < -0.39 is 18.5 Å². The number of nitrogens with zero attached hydrogens (tertiary/aromatic N) is 2. The van der Waals surface area contributed by atoms with Gasteiger partial charge in [0.05, 0.1) is 6.21 Å². The van der Waals surface area contributed by atoms with Gasteiger partial charge < -0.3 is 9.84 Å². The normalized spacial score (nSPS) is 10.4. The number of aliphatic carboxylic acids is 1. The number of ether oxygens (including phenoxy) is 1. The number of nitrogens with one attached hydrogen (secondary N) is 1. The van der Waals surface area contributed by atoms with E-state index >= 15 is 0 Å². The molecule has 0 aliphatic heterocycles. The topological polar surface area (TPSA) is 101 Å². The molecule has 7 nitrogen and oxygen atoms in total. The number of aromatic nitrogens is 1. The van der Waals surface area contributed by atoms with E-state index in [1.165, 1.54) is 12.4 Å². The van der Waals surface area contributed by atoms with E-state index in [1.54, 1.807) is 42.5 Å². The van der Waals surface area contributed by atoms with Crippen LogP contribution < -0.4 is 10.2 Å². The summed E-state index contributed by atoms with van der Waals surface area (Å²) >= 11 is 0. The number of hydrazone groups is 1. The first-order chi connectivity index (χ1) is 10.6. The first kappa shape index (κ1) is 15.2. The molecule has 22 heavy (non-hydrogen) atoms. The van der Waals surface area contributed by atoms with Gasteiger partial charge in [-0.1, -0.05) is 6.07 Å². The number of carbonyl (C=O) groups is 2. The summed E-state index contributed by atoms with van der Waals surface area (Å²) in [6, 6.07) is 11.6. The first-order valence-electron chi connectivity index (χ1n) is 6.34. The third-order valence-corrected chi connectivity index (χ3v) is 2.52. The highest BCUT2D eigenvalue weighted by molar-refractivity contribution is 5.93. The Kier molecular flexibility index (Phi) is 5.20. The molecule has 0 fully saturated rings. The molecule has 1 aromatic carbocycles. The lowest BCUT2D eigenvalue weighted by Gasteiger charge is -2.02. The van der Waals surface area contributed by atoms with E-state index in [4.69, 9.17) is 9.84 Å². The molecule has 0 atom stereocenters. The summed E-state index contributed by atoms with van der Waals surface area (Å²) in [4.78, 5) is 25.9. The van der Waals surface area contributed by atoms with Crippen molar-refractivity contribution >= 4 is 18.1 Å². The van der Waals surface area contributed by atoms with Crippen molar-refractivity contribution in [3.8, 4) is 5.75 Å². The van der Waals surface area contributed by atoms with Crippen LogP contribution in [0.15, 0.2) is 53.8 Å². The van der Waals surface area contributed by atoms with E-state index in [9.17, 15) is 9.59 Å². The third kappa shape index (κ3) is 4.71. The van der Waals surface area contributed by atoms with Crippen molar-refractivity contribution in [2.75, 3.05) is 6.61 Å². The highest BCUT2D eigenvalue weighted by Gasteiger charge is 2.03. The van der Waals surface area contributed by atoms with E-state index in [2.05, 4.69) is 15.5 Å². The number of benzene rings is 1. The summed E-state index contributed by atoms with van der Waals surface area (Å²) in [5, 5.41) is 12.3. The molecule has 2 rings (SSSR count). The van der Waals surface area contributed by atoms with Crippen LogP contribution >= 0.6 is 0 Å². The third-order valence-electron chi connectivity index (χ3n) is 2.52. The summed E-state index contributed by atoms with van der Waals surface area (Å²) in [5.74, 6) is -1.00. The maximum absolute atomic E-state index is 11.7. The van der Waals surface area contributed by atoms with Gasteiger partial charge in [-0.3, -0.25) is 9.78 Å². The summed E-state index contributed by atoms with van der Waals surface area (Å²) in [7, 11) is 0. The number of carbonyl (C=O) groups excluding carboxylic acids is 1. The van der Waals surface area contributed by atoms with Crippen molar-refractivity contribution in [3.05, 3.63) is 59.9 Å². The second kappa shape index (κ2) is 7.53. The summed E-state index contributed by atoms with van der Waals surface area (Å²) in [5.41, 5.74) is 3.36. The Bertz CT molecular complexity index is 669. The predicted octanol–water partition coefficient (Wildman–Crippen LogP) is 1.31. The fraction of sp³-hybridized carbons (Fsp3) is 0.0667. The number of carboxylic acid groups (broad SMARTS) is 1. The molecule has 0 bridgehead atoms. The summed E-state index contributed by atoms with van der Waals surface area (Å²) in [6.45, 7) is -0.395. The number of amides is 1. The van der Waals surface area contributed by atoms with Gasteiger partial charge in [0, 0.05) is 6.20 Å². The predicted molar refractivity (Wildman–Crippen MR) is 78.9 cm³/mol. The van der Waals surface area contributed by atoms with E-state index in [1.807, 2.05) is 0 Å². The number of hydrogen-bond donors (Lipinski definition) is 2. The minimum Gasteiger partial charge on any atom is -0.482 e. The standard InChI is InChI=1S/C15H13N3O4/c19-14(20)10-22-12-6-4-11(5-7-12)9-17-18-15(21)13-3-1-2-8-16-13/h1-9H,10H2,(H,18,21)(H,19,20)/b17-9-. The molecule has 1 aromatic heterocycles. The van der Waals surface area contributed by atoms with Crippen molar-refractivity contribution in [3.63, 3.8) is 0 Å². The molecule has 2 N–H and O–H groups in total. The Morgan fingerprint density at radius 2 is 2.00 bits per heavy atom. The molecule has 0 spiro atoms. The lowest BCUT2D eigenvalue weighted by atomic mass is 10.2. The molecule has 7 heteroatoms. The Hall–Kier alpha value is -3.22. The first-order valence-corrected chi connectivity index (χ1v) is 6.34. The smallest absolute Gasteiger partial charge is 0.341 e. The molecule has 0 aliphatic carbocycles. The molecule has 1 amide bonds. The van der Waals surface area contributed by atoms with E-state index in [0.717, 1.165) is 5.56 Å². The number of carboxylic acids is 1. The van der Waals surface area contributed by atoms with Crippen molar-refractivity contribution in [1.29, 1.82) is 0 Å². The van der Waals surface area contributed by atoms with Gasteiger partial charge in [-0.05, 0) is 42.0 Å². The maximum Gasteiger partial charge on any atom is 0.341 e. The largest absolute Gasteiger partial charge is 0.482 e. The van der Waals surface area contributed by atoms with Gasteiger partial charge in [0.15, 0.2) is 6.61 Å². The van der Waals surface area contributed by atoms with E-state index in [0.29, 0.717) is 5.75 Å². The van der Waals surface area contributed by atoms with Gasteiger partial charge >= 0.3 is 5.97 Å².